The van der Waals surface area contributed by atoms with Crippen molar-refractivity contribution in [3.63, 3.8) is 0 Å². The van der Waals surface area contributed by atoms with Crippen LogP contribution in [0.1, 0.15) is 58.4 Å². The van der Waals surface area contributed by atoms with Crippen LogP contribution < -0.4 is 9.47 Å². The monoisotopic (exact) mass is 444 g/mol. The van der Waals surface area contributed by atoms with Gasteiger partial charge >= 0.3 is 11.9 Å². The van der Waals surface area contributed by atoms with E-state index in [0.29, 0.717) is 41.4 Å². The van der Waals surface area contributed by atoms with Crippen LogP contribution >= 0.6 is 0 Å². The van der Waals surface area contributed by atoms with Crippen LogP contribution in [0.25, 0.3) is 0 Å². The minimum Gasteiger partial charge on any atom is -0.459 e. The second kappa shape index (κ2) is 9.76. The molecule has 3 rings (SSSR count). The first-order chi connectivity index (χ1) is 15.2. The van der Waals surface area contributed by atoms with Crippen molar-refractivity contribution in [3.05, 3.63) is 46.3 Å². The second-order valence-corrected chi connectivity index (χ2v) is 7.75. The summed E-state index contributed by atoms with van der Waals surface area (Å²) in [7, 11) is 0. The van der Waals surface area contributed by atoms with Crippen LogP contribution in [0.2, 0.25) is 0 Å². The average Bonchev–Trinajstić information content (AvgIpc) is 3.32. The first kappa shape index (κ1) is 23.2. The lowest BCUT2D eigenvalue weighted by molar-refractivity contribution is -0.135. The van der Waals surface area contributed by atoms with Gasteiger partial charge in [-0.1, -0.05) is 6.07 Å². The normalized spacial score (nSPS) is 12.1. The Kier molecular flexibility index (Phi) is 7.07. The van der Waals surface area contributed by atoms with Gasteiger partial charge in [0, 0.05) is 18.8 Å². The third kappa shape index (κ3) is 5.04. The molecule has 9 heteroatoms. The summed E-state index contributed by atoms with van der Waals surface area (Å²) in [6.07, 6.45) is -0.283. The van der Waals surface area contributed by atoms with Gasteiger partial charge in [-0.05, 0) is 57.9 Å². The molecule has 1 N–H and O–H groups in total. The Labute approximate surface area is 186 Å². The van der Waals surface area contributed by atoms with Crippen LogP contribution in [-0.4, -0.2) is 53.8 Å². The highest BCUT2D eigenvalue weighted by Crippen LogP contribution is 2.32. The summed E-state index contributed by atoms with van der Waals surface area (Å²) in [4.78, 5) is 42.0. The molecule has 0 unspecified atom stereocenters. The number of esters is 2. The van der Waals surface area contributed by atoms with E-state index in [1.54, 1.807) is 38.7 Å². The molecule has 9 nitrogen and oxygen atoms in total. The number of rotatable bonds is 8. The van der Waals surface area contributed by atoms with E-state index in [1.807, 2.05) is 19.1 Å². The first-order valence-corrected chi connectivity index (χ1v) is 10.4. The highest BCUT2D eigenvalue weighted by atomic mass is 16.7. The van der Waals surface area contributed by atoms with Crippen LogP contribution in [0.4, 0.5) is 0 Å². The van der Waals surface area contributed by atoms with Crippen molar-refractivity contribution in [2.75, 3.05) is 19.9 Å². The minimum absolute atomic E-state index is 0.129. The number of hydrogen-bond acceptors (Lipinski definition) is 7. The second-order valence-electron chi connectivity index (χ2n) is 7.75. The molecule has 0 saturated carbocycles. The number of aromatic amines is 1. The van der Waals surface area contributed by atoms with Crippen LogP contribution in [0.5, 0.6) is 11.5 Å². The van der Waals surface area contributed by atoms with Crippen molar-refractivity contribution < 1.29 is 33.3 Å². The lowest BCUT2D eigenvalue weighted by Crippen LogP contribution is -2.34. The molecule has 172 valence electrons. The number of fused-ring (bicyclic) bond motifs is 1. The van der Waals surface area contributed by atoms with Crippen LogP contribution in [0, 0.1) is 13.8 Å². The predicted molar refractivity (Wildman–Crippen MR) is 115 cm³/mol. The number of hydrogen-bond donors (Lipinski definition) is 1. The number of ether oxygens (including phenoxy) is 4. The SMILES string of the molecule is CCN(Cc1ccc2c(c1)OCO2)C(=O)COC(=O)c1[nH]c(C)c(C(=O)OC(C)C)c1C. The van der Waals surface area contributed by atoms with E-state index in [0.717, 1.165) is 5.56 Å². The topological polar surface area (TPSA) is 107 Å². The number of benzene rings is 1. The number of aryl methyl sites for hydroxylation is 1. The Hall–Kier alpha value is -3.49. The fraction of sp³-hybridized carbons (Fsp3) is 0.435. The average molecular weight is 444 g/mol. The van der Waals surface area contributed by atoms with Crippen molar-refractivity contribution in [1.82, 2.24) is 9.88 Å². The van der Waals surface area contributed by atoms with E-state index in [4.69, 9.17) is 18.9 Å². The molecule has 1 aliphatic rings. The zero-order valence-corrected chi connectivity index (χ0v) is 18.9. The Morgan fingerprint density at radius 1 is 1.12 bits per heavy atom. The molecule has 2 heterocycles. The molecule has 0 bridgehead atoms. The molecule has 32 heavy (non-hydrogen) atoms. The number of aromatic nitrogens is 1. The lowest BCUT2D eigenvalue weighted by atomic mass is 10.1. The molecule has 1 aliphatic heterocycles. The molecule has 1 amide bonds. The number of likely N-dealkylation sites (N-methyl/N-ethyl adjacent to an activating group) is 1. The van der Waals surface area contributed by atoms with Crippen molar-refractivity contribution in [2.45, 2.75) is 47.3 Å². The Bertz CT molecular complexity index is 1030. The van der Waals surface area contributed by atoms with E-state index in [2.05, 4.69) is 4.98 Å². The summed E-state index contributed by atoms with van der Waals surface area (Å²) < 4.78 is 21.1. The maximum absolute atomic E-state index is 12.6. The van der Waals surface area contributed by atoms with E-state index < -0.39 is 18.5 Å². The Balaban J connectivity index is 1.62. The lowest BCUT2D eigenvalue weighted by Gasteiger charge is -2.21. The molecule has 1 aromatic carbocycles. The summed E-state index contributed by atoms with van der Waals surface area (Å²) in [5, 5.41) is 0. The highest BCUT2D eigenvalue weighted by Gasteiger charge is 2.25. The molecule has 0 saturated heterocycles. The van der Waals surface area contributed by atoms with Gasteiger partial charge in [-0.15, -0.1) is 0 Å². The molecular formula is C23H28N2O7. The van der Waals surface area contributed by atoms with Crippen LogP contribution in [-0.2, 0) is 20.8 Å². The van der Waals surface area contributed by atoms with Crippen LogP contribution in [0.3, 0.4) is 0 Å². The number of nitrogens with one attached hydrogen (secondary N) is 1. The maximum atomic E-state index is 12.6. The van der Waals surface area contributed by atoms with Gasteiger partial charge in [-0.2, -0.15) is 0 Å². The van der Waals surface area contributed by atoms with Gasteiger partial charge < -0.3 is 28.8 Å². The van der Waals surface area contributed by atoms with Gasteiger partial charge in [0.1, 0.15) is 5.69 Å². The maximum Gasteiger partial charge on any atom is 0.355 e. The minimum atomic E-state index is -0.707. The largest absolute Gasteiger partial charge is 0.459 e. The van der Waals surface area contributed by atoms with Crippen molar-refractivity contribution in [1.29, 1.82) is 0 Å². The third-order valence-electron chi connectivity index (χ3n) is 5.06. The Morgan fingerprint density at radius 2 is 1.84 bits per heavy atom. The summed E-state index contributed by atoms with van der Waals surface area (Å²) in [5.41, 5.74) is 2.24. The molecule has 0 atom stereocenters. The molecule has 0 aliphatic carbocycles. The van der Waals surface area contributed by atoms with Gasteiger partial charge in [0.15, 0.2) is 18.1 Å². The van der Waals surface area contributed by atoms with Gasteiger partial charge in [0.25, 0.3) is 5.91 Å². The van der Waals surface area contributed by atoms with E-state index >= 15 is 0 Å². The summed E-state index contributed by atoms with van der Waals surface area (Å²) in [5.74, 6) is -0.241. The molecule has 1 aromatic heterocycles. The third-order valence-corrected chi connectivity index (χ3v) is 5.06. The molecule has 0 fully saturated rings. The van der Waals surface area contributed by atoms with Gasteiger partial charge in [-0.25, -0.2) is 9.59 Å². The quantitative estimate of drug-likeness (QED) is 0.623. The zero-order chi connectivity index (χ0) is 23.4. The fourth-order valence-corrected chi connectivity index (χ4v) is 3.46. The van der Waals surface area contributed by atoms with Crippen LogP contribution in [0.15, 0.2) is 18.2 Å². The van der Waals surface area contributed by atoms with Gasteiger partial charge in [-0.3, -0.25) is 4.79 Å². The van der Waals surface area contributed by atoms with Crippen molar-refractivity contribution in [3.8, 4) is 11.5 Å². The van der Waals surface area contributed by atoms with Crippen molar-refractivity contribution in [2.24, 2.45) is 0 Å². The van der Waals surface area contributed by atoms with E-state index in [9.17, 15) is 14.4 Å². The smallest absolute Gasteiger partial charge is 0.355 e. The molecular weight excluding hydrogens is 416 g/mol. The predicted octanol–water partition coefficient (Wildman–Crippen LogP) is 3.13. The molecule has 0 radical (unpaired) electrons. The van der Waals surface area contributed by atoms with Gasteiger partial charge in [0.05, 0.1) is 11.7 Å². The van der Waals surface area contributed by atoms with E-state index in [1.165, 1.54) is 0 Å². The zero-order valence-electron chi connectivity index (χ0n) is 18.9. The summed E-state index contributed by atoms with van der Waals surface area (Å²) in [6, 6.07) is 5.49. The summed E-state index contributed by atoms with van der Waals surface area (Å²) >= 11 is 0. The number of carbonyl (C=O) groups excluding carboxylic acids is 3. The number of nitrogens with zero attached hydrogens (tertiary/aromatic N) is 1. The highest BCUT2D eigenvalue weighted by molar-refractivity contribution is 5.99. The molecule has 2 aromatic rings. The molecule has 0 spiro atoms. The fourth-order valence-electron chi connectivity index (χ4n) is 3.46. The van der Waals surface area contributed by atoms with Gasteiger partial charge in [0.2, 0.25) is 6.79 Å². The standard InChI is InChI=1S/C23H28N2O7/c1-6-25(10-16-7-8-17-18(9-16)31-12-30-17)19(26)11-29-23(28)21-14(4)20(15(5)24-21)22(27)32-13(2)3/h7-9,13,24H,6,10-12H2,1-5H3. The van der Waals surface area contributed by atoms with Crippen molar-refractivity contribution >= 4 is 17.8 Å². The summed E-state index contributed by atoms with van der Waals surface area (Å²) in [6.45, 7) is 9.20. The Morgan fingerprint density at radius 3 is 2.53 bits per heavy atom. The number of carbonyl (C=O) groups is 3. The van der Waals surface area contributed by atoms with E-state index in [-0.39, 0.29) is 24.5 Å². The number of amides is 1. The number of H-pyrrole nitrogens is 1. The first-order valence-electron chi connectivity index (χ1n) is 10.4.